The lowest BCUT2D eigenvalue weighted by Gasteiger charge is -2.05. The molecule has 0 aromatic carbocycles. The minimum Gasteiger partial charge on any atom is -0.232 e. The topological polar surface area (TPSA) is 56.0 Å². The Balaban J connectivity index is 1.99. The summed E-state index contributed by atoms with van der Waals surface area (Å²) in [6, 6.07) is 0. The molecule has 1 fully saturated rings. The van der Waals surface area contributed by atoms with E-state index in [1.807, 2.05) is 0 Å². The van der Waals surface area contributed by atoms with Crippen LogP contribution >= 0.6 is 46.1 Å². The van der Waals surface area contributed by atoms with Gasteiger partial charge in [-0.2, -0.15) is 14.5 Å². The van der Waals surface area contributed by atoms with Gasteiger partial charge in [-0.3, -0.25) is 0 Å². The van der Waals surface area contributed by atoms with Crippen LogP contribution in [0.25, 0.3) is 16.2 Å². The number of fused-ring (bicyclic) bond motifs is 1. The fourth-order valence-electron chi connectivity index (χ4n) is 1.95. The second-order valence-corrected chi connectivity index (χ2v) is 6.43. The van der Waals surface area contributed by atoms with E-state index >= 15 is 0 Å². The van der Waals surface area contributed by atoms with Crippen LogP contribution in [0.3, 0.4) is 0 Å². The normalized spacial score (nSPS) is 15.2. The first-order valence-corrected chi connectivity index (χ1v) is 7.87. The number of halogens is 3. The SMILES string of the molecule is Clc1ncsc1-c1c(Cl)nc2nc(C3CC3)nn2c1Cl. The van der Waals surface area contributed by atoms with Crippen molar-refractivity contribution in [2.24, 2.45) is 0 Å². The molecule has 102 valence electrons. The molecule has 0 atom stereocenters. The molecule has 0 radical (unpaired) electrons. The Morgan fingerprint density at radius 2 is 1.95 bits per heavy atom. The van der Waals surface area contributed by atoms with Gasteiger partial charge in [-0.25, -0.2) is 4.98 Å². The smallest absolute Gasteiger partial charge is 0.232 e. The summed E-state index contributed by atoms with van der Waals surface area (Å²) < 4.78 is 1.51. The molecular weight excluding hydrogens is 341 g/mol. The second kappa shape index (κ2) is 4.53. The van der Waals surface area contributed by atoms with Crippen LogP contribution in [-0.4, -0.2) is 24.6 Å². The van der Waals surface area contributed by atoms with Crippen molar-refractivity contribution in [1.82, 2.24) is 24.6 Å². The van der Waals surface area contributed by atoms with Crippen molar-refractivity contribution in [2.45, 2.75) is 18.8 Å². The van der Waals surface area contributed by atoms with Crippen molar-refractivity contribution in [3.05, 3.63) is 26.8 Å². The molecule has 3 heterocycles. The van der Waals surface area contributed by atoms with E-state index < -0.39 is 0 Å². The zero-order valence-electron chi connectivity index (χ0n) is 9.85. The highest BCUT2D eigenvalue weighted by atomic mass is 35.5. The van der Waals surface area contributed by atoms with Crippen LogP contribution in [0.5, 0.6) is 0 Å². The first kappa shape index (κ1) is 12.8. The molecule has 0 N–H and O–H groups in total. The molecule has 1 aliphatic carbocycles. The molecule has 1 saturated carbocycles. The summed E-state index contributed by atoms with van der Waals surface area (Å²) in [7, 11) is 0. The van der Waals surface area contributed by atoms with Gasteiger partial charge in [-0.05, 0) is 12.8 Å². The third kappa shape index (κ3) is 1.90. The fraction of sp³-hybridized carbons (Fsp3) is 0.273. The number of aromatic nitrogens is 5. The minimum absolute atomic E-state index is 0.253. The Morgan fingerprint density at radius 1 is 1.15 bits per heavy atom. The first-order chi connectivity index (χ1) is 9.65. The van der Waals surface area contributed by atoms with E-state index in [-0.39, 0.29) is 5.15 Å². The first-order valence-electron chi connectivity index (χ1n) is 5.86. The number of rotatable bonds is 2. The van der Waals surface area contributed by atoms with Crippen molar-refractivity contribution in [3.63, 3.8) is 0 Å². The summed E-state index contributed by atoms with van der Waals surface area (Å²) in [5, 5.41) is 5.36. The molecule has 0 spiro atoms. The highest BCUT2D eigenvalue weighted by molar-refractivity contribution is 7.14. The lowest BCUT2D eigenvalue weighted by Crippen LogP contribution is -1.97. The number of nitrogens with zero attached hydrogens (tertiary/aromatic N) is 5. The maximum Gasteiger partial charge on any atom is 0.255 e. The van der Waals surface area contributed by atoms with Crippen LogP contribution < -0.4 is 0 Å². The molecule has 3 aromatic heterocycles. The van der Waals surface area contributed by atoms with Gasteiger partial charge in [-0.15, -0.1) is 16.4 Å². The van der Waals surface area contributed by atoms with Gasteiger partial charge in [0, 0.05) is 5.92 Å². The Bertz CT molecular complexity index is 823. The average molecular weight is 347 g/mol. The molecule has 5 nitrogen and oxygen atoms in total. The van der Waals surface area contributed by atoms with Crippen LogP contribution in [0.1, 0.15) is 24.6 Å². The maximum atomic E-state index is 6.40. The van der Waals surface area contributed by atoms with E-state index in [0.717, 1.165) is 18.7 Å². The number of hydrogen-bond donors (Lipinski definition) is 0. The lowest BCUT2D eigenvalue weighted by atomic mass is 10.3. The molecule has 0 bridgehead atoms. The van der Waals surface area contributed by atoms with Crippen LogP contribution in [0.4, 0.5) is 0 Å². The predicted octanol–water partition coefficient (Wildman–Crippen LogP) is 4.09. The average Bonchev–Trinajstić information content (AvgIpc) is 3.05. The standard InChI is InChI=1S/C11H6Cl3N5S/c12-7-5(6-8(13)15-3-20-6)9(14)19-11(16-7)17-10(18-19)4-1-2-4/h3-4H,1-2H2. The summed E-state index contributed by atoms with van der Waals surface area (Å²) in [5.74, 6) is 1.59. The molecular formula is C11H6Cl3N5S. The van der Waals surface area contributed by atoms with Gasteiger partial charge in [0.2, 0.25) is 0 Å². The van der Waals surface area contributed by atoms with Crippen LogP contribution in [-0.2, 0) is 0 Å². The Hall–Kier alpha value is -0.950. The molecule has 9 heteroatoms. The minimum atomic E-state index is 0.253. The van der Waals surface area contributed by atoms with Crippen molar-refractivity contribution in [2.75, 3.05) is 0 Å². The quantitative estimate of drug-likeness (QED) is 0.656. The van der Waals surface area contributed by atoms with Crippen LogP contribution in [0.15, 0.2) is 5.51 Å². The number of hydrogen-bond acceptors (Lipinski definition) is 5. The van der Waals surface area contributed by atoms with Gasteiger partial charge in [-0.1, -0.05) is 34.8 Å². The summed E-state index contributed by atoms with van der Waals surface area (Å²) in [6.07, 6.45) is 2.21. The van der Waals surface area contributed by atoms with Gasteiger partial charge in [0.05, 0.1) is 16.0 Å². The van der Waals surface area contributed by atoms with Crippen LogP contribution in [0, 0.1) is 0 Å². The van der Waals surface area contributed by atoms with Crippen molar-refractivity contribution in [3.8, 4) is 10.4 Å². The summed E-state index contributed by atoms with van der Waals surface area (Å²) in [6.45, 7) is 0. The monoisotopic (exact) mass is 345 g/mol. The van der Waals surface area contributed by atoms with Crippen molar-refractivity contribution < 1.29 is 0 Å². The van der Waals surface area contributed by atoms with Crippen molar-refractivity contribution >= 4 is 51.9 Å². The molecule has 0 saturated heterocycles. The van der Waals surface area contributed by atoms with E-state index in [1.165, 1.54) is 15.9 Å². The molecule has 3 aromatic rings. The second-order valence-electron chi connectivity index (χ2n) is 4.50. The molecule has 0 unspecified atom stereocenters. The Morgan fingerprint density at radius 3 is 2.60 bits per heavy atom. The third-order valence-electron chi connectivity index (χ3n) is 3.10. The Kier molecular flexibility index (Phi) is 2.89. The molecule has 1 aliphatic rings. The van der Waals surface area contributed by atoms with Gasteiger partial charge in [0.15, 0.2) is 5.82 Å². The van der Waals surface area contributed by atoms with E-state index in [1.54, 1.807) is 5.51 Å². The maximum absolute atomic E-state index is 6.40. The van der Waals surface area contributed by atoms with Gasteiger partial charge in [0.25, 0.3) is 5.78 Å². The highest BCUT2D eigenvalue weighted by Gasteiger charge is 2.29. The molecule has 20 heavy (non-hydrogen) atoms. The fourth-order valence-corrected chi connectivity index (χ4v) is 3.73. The summed E-state index contributed by atoms with van der Waals surface area (Å²) >= 11 is 20.0. The van der Waals surface area contributed by atoms with Gasteiger partial charge in [0.1, 0.15) is 15.5 Å². The van der Waals surface area contributed by atoms with E-state index in [9.17, 15) is 0 Å². The predicted molar refractivity (Wildman–Crippen MR) is 78.9 cm³/mol. The zero-order valence-corrected chi connectivity index (χ0v) is 12.9. The molecule has 0 amide bonds. The van der Waals surface area contributed by atoms with Crippen molar-refractivity contribution in [1.29, 1.82) is 0 Å². The third-order valence-corrected chi connectivity index (χ3v) is 4.96. The Labute approximate surface area is 132 Å². The summed E-state index contributed by atoms with van der Waals surface area (Å²) in [5.41, 5.74) is 2.17. The van der Waals surface area contributed by atoms with Crippen LogP contribution in [0.2, 0.25) is 15.5 Å². The van der Waals surface area contributed by atoms with Gasteiger partial charge >= 0.3 is 0 Å². The largest absolute Gasteiger partial charge is 0.255 e. The summed E-state index contributed by atoms with van der Waals surface area (Å²) in [4.78, 5) is 13.3. The zero-order chi connectivity index (χ0) is 13.9. The molecule has 4 rings (SSSR count). The van der Waals surface area contributed by atoms with E-state index in [4.69, 9.17) is 34.8 Å². The van der Waals surface area contributed by atoms with E-state index in [2.05, 4.69) is 20.1 Å². The van der Waals surface area contributed by atoms with Gasteiger partial charge < -0.3 is 0 Å². The molecule has 0 aliphatic heterocycles. The lowest BCUT2D eigenvalue weighted by molar-refractivity contribution is 0.874. The van der Waals surface area contributed by atoms with E-state index in [0.29, 0.717) is 32.4 Å². The highest BCUT2D eigenvalue weighted by Crippen LogP contribution is 2.41. The number of thiazole rings is 1.